The molecule has 1 fully saturated rings. The highest BCUT2D eigenvalue weighted by molar-refractivity contribution is 6.35. The summed E-state index contributed by atoms with van der Waals surface area (Å²) in [6, 6.07) is 23.2. The van der Waals surface area contributed by atoms with Crippen LogP contribution in [0.15, 0.2) is 72.9 Å². The molecule has 34 heavy (non-hydrogen) atoms. The van der Waals surface area contributed by atoms with Gasteiger partial charge in [0, 0.05) is 27.7 Å². The quantitative estimate of drug-likeness (QED) is 0.388. The molecule has 2 aliphatic rings. The minimum atomic E-state index is -1.57. The molecule has 0 unspecified atom stereocenters. The number of fused-ring (bicyclic) bond motifs is 3. The van der Waals surface area contributed by atoms with E-state index in [1.54, 1.807) is 30.3 Å². The second-order valence-corrected chi connectivity index (χ2v) is 9.55. The first-order valence-electron chi connectivity index (χ1n) is 10.8. The third-order valence-corrected chi connectivity index (χ3v) is 7.41. The average Bonchev–Trinajstić information content (AvgIpc) is 3.15. The van der Waals surface area contributed by atoms with E-state index in [0.717, 1.165) is 16.7 Å². The summed E-state index contributed by atoms with van der Waals surface area (Å²) in [5, 5.41) is 21.9. The van der Waals surface area contributed by atoms with Gasteiger partial charge in [-0.2, -0.15) is 10.5 Å². The summed E-state index contributed by atoms with van der Waals surface area (Å²) >= 11 is 12.8. The van der Waals surface area contributed by atoms with Gasteiger partial charge in [-0.25, -0.2) is 0 Å². The van der Waals surface area contributed by atoms with Gasteiger partial charge in [0.1, 0.15) is 6.04 Å². The fraction of sp³-hybridized carbons (Fsp3) is 0.179. The Hall–Kier alpha value is -3.57. The standard InChI is InChI=1S/C28H19Cl2N3O/c1-17-6-8-19(9-7-17)26(34)25-24(22-11-10-20(29)14-23(22)30)28(15-31,16-32)27-21-5-3-2-4-18(21)12-13-33(25)27/h2-14,24-25,27H,1H3/t24-,25+,27+/m1/s1. The highest BCUT2D eigenvalue weighted by Gasteiger charge is 2.64. The molecule has 3 atom stereocenters. The van der Waals surface area contributed by atoms with Crippen LogP contribution in [0.5, 0.6) is 0 Å². The number of nitrogens with zero attached hydrogens (tertiary/aromatic N) is 3. The van der Waals surface area contributed by atoms with E-state index < -0.39 is 23.4 Å². The zero-order valence-electron chi connectivity index (χ0n) is 18.2. The van der Waals surface area contributed by atoms with Crippen LogP contribution in [0.1, 0.15) is 44.6 Å². The monoisotopic (exact) mass is 483 g/mol. The number of hydrogen-bond acceptors (Lipinski definition) is 4. The number of halogens is 2. The molecule has 5 rings (SSSR count). The Kier molecular flexibility index (Phi) is 5.45. The first-order chi connectivity index (χ1) is 16.4. The highest BCUT2D eigenvalue weighted by Crippen LogP contribution is 2.60. The molecule has 0 amide bonds. The number of benzene rings is 3. The molecule has 2 aliphatic heterocycles. The third kappa shape index (κ3) is 3.23. The maximum Gasteiger partial charge on any atom is 0.185 e. The van der Waals surface area contributed by atoms with Gasteiger partial charge in [-0.05, 0) is 41.8 Å². The van der Waals surface area contributed by atoms with E-state index in [4.69, 9.17) is 23.2 Å². The number of hydrogen-bond donors (Lipinski definition) is 0. The van der Waals surface area contributed by atoms with Gasteiger partial charge in [0.15, 0.2) is 11.2 Å². The van der Waals surface area contributed by atoms with E-state index in [9.17, 15) is 15.3 Å². The number of aryl methyl sites for hydroxylation is 1. The first-order valence-corrected chi connectivity index (χ1v) is 11.6. The van der Waals surface area contributed by atoms with Crippen LogP contribution in [-0.2, 0) is 0 Å². The molecule has 0 bridgehead atoms. The van der Waals surface area contributed by atoms with E-state index >= 15 is 0 Å². The van der Waals surface area contributed by atoms with Gasteiger partial charge in [0.05, 0.1) is 18.2 Å². The normalized spacial score (nSPS) is 21.8. The van der Waals surface area contributed by atoms with E-state index in [1.807, 2.05) is 60.5 Å². The lowest BCUT2D eigenvalue weighted by atomic mass is 9.67. The van der Waals surface area contributed by atoms with Crippen molar-refractivity contribution in [2.24, 2.45) is 5.41 Å². The maximum absolute atomic E-state index is 14.0. The van der Waals surface area contributed by atoms with Crippen molar-refractivity contribution in [2.45, 2.75) is 24.9 Å². The fourth-order valence-corrected chi connectivity index (χ4v) is 5.81. The summed E-state index contributed by atoms with van der Waals surface area (Å²) in [4.78, 5) is 15.9. The van der Waals surface area contributed by atoms with Gasteiger partial charge in [0.2, 0.25) is 0 Å². The molecular weight excluding hydrogens is 465 g/mol. The topological polar surface area (TPSA) is 67.9 Å². The van der Waals surface area contributed by atoms with Crippen LogP contribution in [0.2, 0.25) is 10.0 Å². The zero-order chi connectivity index (χ0) is 24.0. The molecule has 4 nitrogen and oxygen atoms in total. The van der Waals surface area contributed by atoms with Gasteiger partial charge in [0.25, 0.3) is 0 Å². The summed E-state index contributed by atoms with van der Waals surface area (Å²) in [5.41, 5.74) is 2.30. The van der Waals surface area contributed by atoms with Crippen molar-refractivity contribution in [3.63, 3.8) is 0 Å². The molecule has 0 N–H and O–H groups in total. The van der Waals surface area contributed by atoms with Crippen molar-refractivity contribution in [1.29, 1.82) is 10.5 Å². The van der Waals surface area contributed by atoms with Crippen molar-refractivity contribution in [1.82, 2.24) is 4.90 Å². The van der Waals surface area contributed by atoms with Crippen LogP contribution in [0.4, 0.5) is 0 Å². The Bertz CT molecular complexity index is 1400. The van der Waals surface area contributed by atoms with Crippen LogP contribution >= 0.6 is 23.2 Å². The second-order valence-electron chi connectivity index (χ2n) is 8.71. The van der Waals surface area contributed by atoms with Crippen LogP contribution in [0.3, 0.4) is 0 Å². The number of ketones is 1. The molecule has 0 saturated carbocycles. The van der Waals surface area contributed by atoms with Crippen molar-refractivity contribution in [3.05, 3.63) is 111 Å². The molecule has 1 saturated heterocycles. The SMILES string of the molecule is Cc1ccc(C(=O)[C@@H]2[C@@H](c3ccc(Cl)cc3Cl)C(C#N)(C#N)[C@@H]3c4ccccc4C=CN23)cc1. The lowest BCUT2D eigenvalue weighted by molar-refractivity contribution is 0.0875. The van der Waals surface area contributed by atoms with Crippen LogP contribution in [0, 0.1) is 35.0 Å². The van der Waals surface area contributed by atoms with Gasteiger partial charge in [-0.1, -0.05) is 83.4 Å². The molecule has 0 aromatic heterocycles. The molecule has 0 spiro atoms. The third-order valence-electron chi connectivity index (χ3n) is 6.85. The molecule has 166 valence electrons. The Morgan fingerprint density at radius 1 is 0.971 bits per heavy atom. The van der Waals surface area contributed by atoms with Crippen LogP contribution < -0.4 is 0 Å². The average molecular weight is 484 g/mol. The lowest BCUT2D eigenvalue weighted by Crippen LogP contribution is -2.37. The number of carbonyl (C=O) groups excluding carboxylic acids is 1. The number of nitriles is 2. The predicted molar refractivity (Wildman–Crippen MR) is 132 cm³/mol. The molecular formula is C28H19Cl2N3O. The Labute approximate surface area is 208 Å². The van der Waals surface area contributed by atoms with Crippen LogP contribution in [0.25, 0.3) is 6.08 Å². The smallest absolute Gasteiger partial charge is 0.185 e. The summed E-state index contributed by atoms with van der Waals surface area (Å²) in [5.74, 6) is -0.973. The Morgan fingerprint density at radius 2 is 1.68 bits per heavy atom. The largest absolute Gasteiger partial charge is 0.357 e. The molecule has 6 heteroatoms. The zero-order valence-corrected chi connectivity index (χ0v) is 19.8. The lowest BCUT2D eigenvalue weighted by Gasteiger charge is -2.34. The van der Waals surface area contributed by atoms with Gasteiger partial charge < -0.3 is 4.90 Å². The fourth-order valence-electron chi connectivity index (χ4n) is 5.28. The van der Waals surface area contributed by atoms with Gasteiger partial charge in [-0.15, -0.1) is 0 Å². The van der Waals surface area contributed by atoms with E-state index in [2.05, 4.69) is 12.1 Å². The van der Waals surface area contributed by atoms with Crippen LogP contribution in [-0.4, -0.2) is 16.7 Å². The van der Waals surface area contributed by atoms with Gasteiger partial charge in [-0.3, -0.25) is 4.79 Å². The number of rotatable bonds is 3. The predicted octanol–water partition coefficient (Wildman–Crippen LogP) is 6.71. The van der Waals surface area contributed by atoms with E-state index in [0.29, 0.717) is 21.2 Å². The second kappa shape index (κ2) is 8.33. The summed E-state index contributed by atoms with van der Waals surface area (Å²) in [6.07, 6.45) is 3.75. The molecule has 0 aliphatic carbocycles. The highest BCUT2D eigenvalue weighted by atomic mass is 35.5. The van der Waals surface area contributed by atoms with E-state index in [-0.39, 0.29) is 5.78 Å². The first kappa shape index (κ1) is 22.2. The van der Waals surface area contributed by atoms with Crippen molar-refractivity contribution >= 4 is 35.1 Å². The molecule has 2 heterocycles. The number of carbonyl (C=O) groups is 1. The van der Waals surface area contributed by atoms with E-state index in [1.165, 1.54) is 0 Å². The summed E-state index contributed by atoms with van der Waals surface area (Å²) in [6.45, 7) is 1.96. The summed E-state index contributed by atoms with van der Waals surface area (Å²) in [7, 11) is 0. The van der Waals surface area contributed by atoms with Crippen molar-refractivity contribution in [3.8, 4) is 12.1 Å². The van der Waals surface area contributed by atoms with Crippen molar-refractivity contribution < 1.29 is 4.79 Å². The Morgan fingerprint density at radius 3 is 2.35 bits per heavy atom. The minimum absolute atomic E-state index is 0.169. The Balaban J connectivity index is 1.79. The molecule has 3 aromatic rings. The summed E-state index contributed by atoms with van der Waals surface area (Å²) < 4.78 is 0. The van der Waals surface area contributed by atoms with Crippen molar-refractivity contribution in [2.75, 3.05) is 0 Å². The molecule has 3 aromatic carbocycles. The maximum atomic E-state index is 14.0. The van der Waals surface area contributed by atoms with Gasteiger partial charge >= 0.3 is 0 Å². The molecule has 0 radical (unpaired) electrons. The minimum Gasteiger partial charge on any atom is -0.357 e. The number of Topliss-reactive ketones (excluding diaryl/α,β-unsaturated/α-hetero) is 1.